The van der Waals surface area contributed by atoms with Crippen LogP contribution in [-0.4, -0.2) is 11.1 Å². The monoisotopic (exact) mass is 219 g/mol. The number of rotatable bonds is 4. The maximum Gasteiger partial charge on any atom is 0.129 e. The second-order valence-electron chi connectivity index (χ2n) is 5.27. The quantitative estimate of drug-likeness (QED) is 0.767. The lowest BCUT2D eigenvalue weighted by Crippen LogP contribution is -2.06. The van der Waals surface area contributed by atoms with Crippen LogP contribution in [0.2, 0.25) is 0 Å². The zero-order valence-electron chi connectivity index (χ0n) is 10.7. The summed E-state index contributed by atoms with van der Waals surface area (Å²) in [6.07, 6.45) is 6.77. The Labute approximate surface area is 98.0 Å². The van der Waals surface area contributed by atoms with Gasteiger partial charge in [0.05, 0.1) is 6.10 Å². The maximum absolute atomic E-state index is 6.07. The first-order valence-electron chi connectivity index (χ1n) is 6.24. The summed E-state index contributed by atoms with van der Waals surface area (Å²) in [5.41, 5.74) is 2.50. The molecule has 2 nitrogen and oxygen atoms in total. The average Bonchev–Trinajstić information content (AvgIpc) is 3.01. The van der Waals surface area contributed by atoms with Crippen LogP contribution in [0.4, 0.5) is 0 Å². The first-order valence-corrected chi connectivity index (χ1v) is 6.24. The standard InChI is InChI=1S/C14H21NO/c1-9(2)12-7-15-8-13(10(3)4)14(12)16-11-5-6-11/h7-11H,5-6H2,1-4H3. The molecule has 0 spiro atoms. The van der Waals surface area contributed by atoms with Gasteiger partial charge in [0.1, 0.15) is 5.75 Å². The van der Waals surface area contributed by atoms with Gasteiger partial charge in [0.15, 0.2) is 0 Å². The SMILES string of the molecule is CC(C)c1cncc(C(C)C)c1OC1CC1. The molecule has 2 heteroatoms. The van der Waals surface area contributed by atoms with Crippen LogP contribution in [0.15, 0.2) is 12.4 Å². The van der Waals surface area contributed by atoms with Gasteiger partial charge in [0, 0.05) is 23.5 Å². The first kappa shape index (κ1) is 11.4. The van der Waals surface area contributed by atoms with Crippen LogP contribution in [0.1, 0.15) is 63.5 Å². The summed E-state index contributed by atoms with van der Waals surface area (Å²) < 4.78 is 6.07. The van der Waals surface area contributed by atoms with Gasteiger partial charge < -0.3 is 4.74 Å². The highest BCUT2D eigenvalue weighted by molar-refractivity contribution is 5.42. The summed E-state index contributed by atoms with van der Waals surface area (Å²) in [5.74, 6) is 2.04. The number of pyridine rings is 1. The summed E-state index contributed by atoms with van der Waals surface area (Å²) in [6.45, 7) is 8.78. The Kier molecular flexibility index (Phi) is 3.17. The summed E-state index contributed by atoms with van der Waals surface area (Å²) in [6, 6.07) is 0. The van der Waals surface area contributed by atoms with Gasteiger partial charge in [0.25, 0.3) is 0 Å². The number of hydrogen-bond donors (Lipinski definition) is 0. The lowest BCUT2D eigenvalue weighted by molar-refractivity contribution is 0.294. The summed E-state index contributed by atoms with van der Waals surface area (Å²) in [7, 11) is 0. The largest absolute Gasteiger partial charge is 0.490 e. The van der Waals surface area contributed by atoms with Gasteiger partial charge >= 0.3 is 0 Å². The molecule has 1 aliphatic rings. The number of aromatic nitrogens is 1. The van der Waals surface area contributed by atoms with Gasteiger partial charge in [-0.15, -0.1) is 0 Å². The van der Waals surface area contributed by atoms with Crippen molar-refractivity contribution in [2.24, 2.45) is 0 Å². The van der Waals surface area contributed by atoms with Crippen LogP contribution in [-0.2, 0) is 0 Å². The van der Waals surface area contributed by atoms with Crippen molar-refractivity contribution in [1.82, 2.24) is 4.98 Å². The molecule has 16 heavy (non-hydrogen) atoms. The topological polar surface area (TPSA) is 22.1 Å². The fraction of sp³-hybridized carbons (Fsp3) is 0.643. The minimum Gasteiger partial charge on any atom is -0.490 e. The zero-order valence-corrected chi connectivity index (χ0v) is 10.7. The van der Waals surface area contributed by atoms with E-state index in [9.17, 15) is 0 Å². The highest BCUT2D eigenvalue weighted by atomic mass is 16.5. The Morgan fingerprint density at radius 3 is 1.94 bits per heavy atom. The van der Waals surface area contributed by atoms with E-state index < -0.39 is 0 Å². The molecule has 1 aliphatic carbocycles. The Bertz CT molecular complexity index is 341. The molecule has 0 aromatic carbocycles. The molecule has 0 bridgehead atoms. The Morgan fingerprint density at radius 2 is 1.56 bits per heavy atom. The summed E-state index contributed by atoms with van der Waals surface area (Å²) >= 11 is 0. The molecule has 0 radical (unpaired) electrons. The predicted molar refractivity (Wildman–Crippen MR) is 66.1 cm³/mol. The van der Waals surface area contributed by atoms with E-state index in [1.54, 1.807) is 0 Å². The van der Waals surface area contributed by atoms with E-state index >= 15 is 0 Å². The third-order valence-electron chi connectivity index (χ3n) is 3.00. The minimum absolute atomic E-state index is 0.456. The molecule has 1 saturated carbocycles. The van der Waals surface area contributed by atoms with Crippen molar-refractivity contribution in [3.8, 4) is 5.75 Å². The molecular weight excluding hydrogens is 198 g/mol. The molecule has 0 unspecified atom stereocenters. The van der Waals surface area contributed by atoms with E-state index in [1.165, 1.54) is 24.0 Å². The van der Waals surface area contributed by atoms with E-state index in [2.05, 4.69) is 32.7 Å². The summed E-state index contributed by atoms with van der Waals surface area (Å²) in [5, 5.41) is 0. The molecule has 1 aromatic heterocycles. The van der Waals surface area contributed by atoms with Gasteiger partial charge in [-0.1, -0.05) is 27.7 Å². The fourth-order valence-electron chi connectivity index (χ4n) is 1.79. The third kappa shape index (κ3) is 2.37. The Hall–Kier alpha value is -1.05. The third-order valence-corrected chi connectivity index (χ3v) is 3.00. The average molecular weight is 219 g/mol. The van der Waals surface area contributed by atoms with Crippen molar-refractivity contribution in [2.45, 2.75) is 58.5 Å². The van der Waals surface area contributed by atoms with Crippen LogP contribution in [0, 0.1) is 0 Å². The smallest absolute Gasteiger partial charge is 0.129 e. The molecular formula is C14H21NO. The van der Waals surface area contributed by atoms with Crippen LogP contribution in [0.3, 0.4) is 0 Å². The van der Waals surface area contributed by atoms with E-state index in [0.717, 1.165) is 5.75 Å². The van der Waals surface area contributed by atoms with Crippen molar-refractivity contribution < 1.29 is 4.74 Å². The van der Waals surface area contributed by atoms with Gasteiger partial charge in [-0.05, 0) is 24.7 Å². The van der Waals surface area contributed by atoms with Crippen molar-refractivity contribution in [1.29, 1.82) is 0 Å². The molecule has 0 aliphatic heterocycles. The molecule has 0 saturated heterocycles. The molecule has 0 N–H and O–H groups in total. The highest BCUT2D eigenvalue weighted by Crippen LogP contribution is 2.37. The number of nitrogens with zero attached hydrogens (tertiary/aromatic N) is 1. The second-order valence-corrected chi connectivity index (χ2v) is 5.27. The highest BCUT2D eigenvalue weighted by Gasteiger charge is 2.27. The predicted octanol–water partition coefficient (Wildman–Crippen LogP) is 3.87. The van der Waals surface area contributed by atoms with Crippen molar-refractivity contribution >= 4 is 0 Å². The van der Waals surface area contributed by atoms with Gasteiger partial charge in [-0.2, -0.15) is 0 Å². The van der Waals surface area contributed by atoms with Crippen LogP contribution >= 0.6 is 0 Å². The van der Waals surface area contributed by atoms with Crippen LogP contribution in [0.25, 0.3) is 0 Å². The lowest BCUT2D eigenvalue weighted by Gasteiger charge is -2.19. The molecule has 1 heterocycles. The second kappa shape index (κ2) is 4.44. The minimum atomic E-state index is 0.456. The maximum atomic E-state index is 6.07. The normalized spacial score (nSPS) is 15.9. The molecule has 1 aromatic rings. The fourth-order valence-corrected chi connectivity index (χ4v) is 1.79. The molecule has 0 amide bonds. The summed E-state index contributed by atoms with van der Waals surface area (Å²) in [4.78, 5) is 4.34. The van der Waals surface area contributed by atoms with E-state index in [4.69, 9.17) is 4.74 Å². The Morgan fingerprint density at radius 1 is 1.06 bits per heavy atom. The van der Waals surface area contributed by atoms with Gasteiger partial charge in [0.2, 0.25) is 0 Å². The molecule has 88 valence electrons. The molecule has 2 rings (SSSR count). The Balaban J connectivity index is 2.38. The van der Waals surface area contributed by atoms with Gasteiger partial charge in [-0.3, -0.25) is 4.98 Å². The van der Waals surface area contributed by atoms with E-state index in [-0.39, 0.29) is 0 Å². The lowest BCUT2D eigenvalue weighted by atomic mass is 9.97. The molecule has 0 atom stereocenters. The van der Waals surface area contributed by atoms with Gasteiger partial charge in [-0.25, -0.2) is 0 Å². The number of hydrogen-bond acceptors (Lipinski definition) is 2. The van der Waals surface area contributed by atoms with Crippen LogP contribution < -0.4 is 4.74 Å². The van der Waals surface area contributed by atoms with E-state index in [1.807, 2.05) is 12.4 Å². The van der Waals surface area contributed by atoms with Crippen molar-refractivity contribution in [3.63, 3.8) is 0 Å². The molecule has 1 fully saturated rings. The van der Waals surface area contributed by atoms with Crippen molar-refractivity contribution in [3.05, 3.63) is 23.5 Å². The zero-order chi connectivity index (χ0) is 11.7. The number of ether oxygens (including phenoxy) is 1. The van der Waals surface area contributed by atoms with E-state index in [0.29, 0.717) is 17.9 Å². The van der Waals surface area contributed by atoms with Crippen molar-refractivity contribution in [2.75, 3.05) is 0 Å². The van der Waals surface area contributed by atoms with Crippen LogP contribution in [0.5, 0.6) is 5.75 Å². The first-order chi connectivity index (χ1) is 7.59.